The SMILES string of the molecule is CCNc1nc(C(F)(F)F)ccc1-c1ncc(Br)cc1C(N)=O. The van der Waals surface area contributed by atoms with Crippen molar-refractivity contribution in [1.29, 1.82) is 0 Å². The molecule has 0 unspecified atom stereocenters. The van der Waals surface area contributed by atoms with Crippen LogP contribution >= 0.6 is 15.9 Å². The van der Waals surface area contributed by atoms with E-state index in [4.69, 9.17) is 5.73 Å². The number of hydrogen-bond acceptors (Lipinski definition) is 4. The third kappa shape index (κ3) is 3.79. The number of nitrogens with two attached hydrogens (primary N) is 1. The summed E-state index contributed by atoms with van der Waals surface area (Å²) >= 11 is 3.17. The lowest BCUT2D eigenvalue weighted by Gasteiger charge is -2.14. The lowest BCUT2D eigenvalue weighted by molar-refractivity contribution is -0.141. The number of amides is 1. The highest BCUT2D eigenvalue weighted by Gasteiger charge is 2.33. The van der Waals surface area contributed by atoms with Crippen LogP contribution in [0.2, 0.25) is 0 Å². The molecule has 2 aromatic heterocycles. The number of carbonyl (C=O) groups is 1. The van der Waals surface area contributed by atoms with Crippen molar-refractivity contribution in [1.82, 2.24) is 9.97 Å². The van der Waals surface area contributed by atoms with E-state index in [1.165, 1.54) is 18.3 Å². The summed E-state index contributed by atoms with van der Waals surface area (Å²) in [4.78, 5) is 19.3. The van der Waals surface area contributed by atoms with E-state index in [0.717, 1.165) is 6.07 Å². The van der Waals surface area contributed by atoms with Crippen molar-refractivity contribution in [2.24, 2.45) is 5.73 Å². The molecule has 0 bridgehead atoms. The summed E-state index contributed by atoms with van der Waals surface area (Å²) in [6.07, 6.45) is -3.14. The number of primary amides is 1. The number of alkyl halides is 3. The molecule has 0 saturated carbocycles. The van der Waals surface area contributed by atoms with E-state index in [1.54, 1.807) is 6.92 Å². The van der Waals surface area contributed by atoms with E-state index in [0.29, 0.717) is 11.0 Å². The number of nitrogens with zero attached hydrogens (tertiary/aromatic N) is 2. The monoisotopic (exact) mass is 388 g/mol. The Morgan fingerprint density at radius 2 is 2.09 bits per heavy atom. The topological polar surface area (TPSA) is 80.9 Å². The first-order chi connectivity index (χ1) is 10.7. The summed E-state index contributed by atoms with van der Waals surface area (Å²) in [5, 5.41) is 2.75. The van der Waals surface area contributed by atoms with Gasteiger partial charge in [-0.05, 0) is 41.1 Å². The second kappa shape index (κ2) is 6.53. The fourth-order valence-corrected chi connectivity index (χ4v) is 2.28. The Balaban J connectivity index is 2.66. The van der Waals surface area contributed by atoms with Crippen molar-refractivity contribution in [2.75, 3.05) is 11.9 Å². The van der Waals surface area contributed by atoms with Gasteiger partial charge in [0.25, 0.3) is 5.91 Å². The number of aromatic nitrogens is 2. The van der Waals surface area contributed by atoms with Gasteiger partial charge in [0, 0.05) is 22.8 Å². The molecule has 122 valence electrons. The zero-order valence-electron chi connectivity index (χ0n) is 11.9. The van der Waals surface area contributed by atoms with E-state index < -0.39 is 17.8 Å². The molecule has 2 rings (SSSR count). The number of carbonyl (C=O) groups excluding carboxylic acids is 1. The predicted octanol–water partition coefficient (Wildman–Crippen LogP) is 3.46. The molecule has 0 radical (unpaired) electrons. The van der Waals surface area contributed by atoms with Crippen LogP contribution in [0.4, 0.5) is 19.0 Å². The molecule has 0 atom stereocenters. The van der Waals surface area contributed by atoms with E-state index in [-0.39, 0.29) is 22.6 Å². The molecule has 1 amide bonds. The van der Waals surface area contributed by atoms with Gasteiger partial charge >= 0.3 is 6.18 Å². The maximum atomic E-state index is 12.8. The zero-order valence-corrected chi connectivity index (χ0v) is 13.5. The van der Waals surface area contributed by atoms with Gasteiger partial charge in [0.05, 0.1) is 11.3 Å². The highest BCUT2D eigenvalue weighted by Crippen LogP contribution is 2.34. The van der Waals surface area contributed by atoms with Gasteiger partial charge in [-0.3, -0.25) is 9.78 Å². The third-order valence-corrected chi connectivity index (χ3v) is 3.34. The molecule has 23 heavy (non-hydrogen) atoms. The van der Waals surface area contributed by atoms with Crippen molar-refractivity contribution in [3.05, 3.63) is 40.1 Å². The number of pyridine rings is 2. The van der Waals surface area contributed by atoms with Crippen LogP contribution in [0.15, 0.2) is 28.9 Å². The standard InChI is InChI=1S/C14H12BrF3N4O/c1-2-20-13-8(3-4-10(22-13)14(16,17)18)11-9(12(19)23)5-7(15)6-21-11/h3-6H,2H2,1H3,(H2,19,23)(H,20,22). The van der Waals surface area contributed by atoms with Crippen molar-refractivity contribution in [3.8, 4) is 11.3 Å². The van der Waals surface area contributed by atoms with Crippen LogP contribution in [0.25, 0.3) is 11.3 Å². The minimum Gasteiger partial charge on any atom is -0.370 e. The average Bonchev–Trinajstić information content (AvgIpc) is 2.46. The van der Waals surface area contributed by atoms with Crippen LogP contribution in [0.5, 0.6) is 0 Å². The molecule has 5 nitrogen and oxygen atoms in total. The van der Waals surface area contributed by atoms with Crippen LogP contribution in [-0.4, -0.2) is 22.4 Å². The Morgan fingerprint density at radius 3 is 2.65 bits per heavy atom. The molecule has 0 aliphatic rings. The Bertz CT molecular complexity index is 749. The molecule has 0 fully saturated rings. The van der Waals surface area contributed by atoms with E-state index >= 15 is 0 Å². The summed E-state index contributed by atoms with van der Waals surface area (Å²) in [6, 6.07) is 3.51. The number of halogens is 4. The highest BCUT2D eigenvalue weighted by atomic mass is 79.9. The summed E-state index contributed by atoms with van der Waals surface area (Å²) in [5.74, 6) is -0.754. The van der Waals surface area contributed by atoms with Gasteiger partial charge in [-0.1, -0.05) is 0 Å². The van der Waals surface area contributed by atoms with Crippen LogP contribution in [-0.2, 0) is 6.18 Å². The summed E-state index contributed by atoms with van der Waals surface area (Å²) in [7, 11) is 0. The fourth-order valence-electron chi connectivity index (χ4n) is 1.95. The Hall–Kier alpha value is -2.16. The molecule has 3 N–H and O–H groups in total. The molecular formula is C14H12BrF3N4O. The quantitative estimate of drug-likeness (QED) is 0.840. The Kier molecular flexibility index (Phi) is 4.88. The number of rotatable bonds is 4. The lowest BCUT2D eigenvalue weighted by Crippen LogP contribution is -2.15. The van der Waals surface area contributed by atoms with Gasteiger partial charge in [-0.25, -0.2) is 4.98 Å². The fraction of sp³-hybridized carbons (Fsp3) is 0.214. The minimum absolute atomic E-state index is 0.0142. The van der Waals surface area contributed by atoms with Gasteiger partial charge in [0.2, 0.25) is 0 Å². The van der Waals surface area contributed by atoms with E-state index in [9.17, 15) is 18.0 Å². The normalized spacial score (nSPS) is 11.3. The van der Waals surface area contributed by atoms with E-state index in [1.807, 2.05) is 0 Å². The summed E-state index contributed by atoms with van der Waals surface area (Å²) in [6.45, 7) is 2.07. The van der Waals surface area contributed by atoms with Crippen molar-refractivity contribution >= 4 is 27.7 Å². The van der Waals surface area contributed by atoms with Gasteiger partial charge in [0.15, 0.2) is 0 Å². The third-order valence-electron chi connectivity index (χ3n) is 2.90. The molecule has 0 saturated heterocycles. The molecule has 9 heteroatoms. The number of hydrogen-bond donors (Lipinski definition) is 2. The predicted molar refractivity (Wildman–Crippen MR) is 82.9 cm³/mol. The molecule has 0 aliphatic heterocycles. The van der Waals surface area contributed by atoms with Crippen LogP contribution in [0.3, 0.4) is 0 Å². The zero-order chi connectivity index (χ0) is 17.2. The maximum Gasteiger partial charge on any atom is 0.433 e. The maximum absolute atomic E-state index is 12.8. The Morgan fingerprint density at radius 1 is 1.39 bits per heavy atom. The smallest absolute Gasteiger partial charge is 0.370 e. The highest BCUT2D eigenvalue weighted by molar-refractivity contribution is 9.10. The number of nitrogens with one attached hydrogen (secondary N) is 1. The van der Waals surface area contributed by atoms with Crippen molar-refractivity contribution in [3.63, 3.8) is 0 Å². The summed E-state index contributed by atoms with van der Waals surface area (Å²) in [5.41, 5.74) is 4.80. The van der Waals surface area contributed by atoms with Crippen LogP contribution in [0, 0.1) is 0 Å². The molecule has 0 aromatic carbocycles. The second-order valence-corrected chi connectivity index (χ2v) is 5.45. The first-order valence-electron chi connectivity index (χ1n) is 6.52. The van der Waals surface area contributed by atoms with Crippen LogP contribution < -0.4 is 11.1 Å². The average molecular weight is 389 g/mol. The van der Waals surface area contributed by atoms with Gasteiger partial charge < -0.3 is 11.1 Å². The molecule has 2 heterocycles. The Labute approximate surface area is 138 Å². The van der Waals surface area contributed by atoms with Crippen molar-refractivity contribution < 1.29 is 18.0 Å². The summed E-state index contributed by atoms with van der Waals surface area (Å²) < 4.78 is 39.0. The van der Waals surface area contributed by atoms with Gasteiger partial charge in [-0.15, -0.1) is 0 Å². The molecule has 2 aromatic rings. The lowest BCUT2D eigenvalue weighted by atomic mass is 10.1. The van der Waals surface area contributed by atoms with Crippen molar-refractivity contribution in [2.45, 2.75) is 13.1 Å². The van der Waals surface area contributed by atoms with Crippen LogP contribution in [0.1, 0.15) is 23.0 Å². The van der Waals surface area contributed by atoms with Gasteiger partial charge in [-0.2, -0.15) is 13.2 Å². The molecule has 0 spiro atoms. The second-order valence-electron chi connectivity index (χ2n) is 4.53. The first kappa shape index (κ1) is 17.2. The van der Waals surface area contributed by atoms with E-state index in [2.05, 4.69) is 31.2 Å². The largest absolute Gasteiger partial charge is 0.433 e. The van der Waals surface area contributed by atoms with Gasteiger partial charge in [0.1, 0.15) is 11.5 Å². The first-order valence-corrected chi connectivity index (χ1v) is 7.31. The number of anilines is 1. The minimum atomic E-state index is -4.57. The molecular weight excluding hydrogens is 377 g/mol. The molecule has 0 aliphatic carbocycles.